The fourth-order valence-corrected chi connectivity index (χ4v) is 6.89. The quantitative estimate of drug-likeness (QED) is 0.341. The predicted molar refractivity (Wildman–Crippen MR) is 136 cm³/mol. The van der Waals surface area contributed by atoms with Gasteiger partial charge in [-0.2, -0.15) is 0 Å². The van der Waals surface area contributed by atoms with Crippen molar-refractivity contribution in [1.82, 2.24) is 0 Å². The van der Waals surface area contributed by atoms with Gasteiger partial charge in [-0.25, -0.2) is 4.39 Å². The molecule has 0 N–H and O–H groups in total. The zero-order chi connectivity index (χ0) is 22.4. The van der Waals surface area contributed by atoms with E-state index in [0.717, 1.165) is 29.7 Å². The minimum absolute atomic E-state index is 0.152. The molecule has 2 heteroatoms. The van der Waals surface area contributed by atoms with Gasteiger partial charge in [-0.1, -0.05) is 114 Å². The van der Waals surface area contributed by atoms with Crippen molar-refractivity contribution in [2.24, 2.45) is 23.7 Å². The van der Waals surface area contributed by atoms with Crippen molar-refractivity contribution >= 4 is 17.2 Å². The summed E-state index contributed by atoms with van der Waals surface area (Å²) in [4.78, 5) is -0.281. The zero-order valence-electron chi connectivity index (χ0n) is 20.0. The standard InChI is InChI=1S/C30H42ClF/c1-2-3-6-23-9-11-24(12-10-23)13-14-25-15-17-27(18-16-25)30(31)21-19-26(20-22-30)28-7-4-5-8-29(28)32/h4-5,7-8,19-21,23-25,27H,2-3,6,9-18,22H2,1H3. The molecular formula is C30H42ClF. The Morgan fingerprint density at radius 3 is 2.03 bits per heavy atom. The lowest BCUT2D eigenvalue weighted by Crippen LogP contribution is -2.34. The highest BCUT2D eigenvalue weighted by atomic mass is 35.5. The van der Waals surface area contributed by atoms with Crippen LogP contribution >= 0.6 is 11.6 Å². The largest absolute Gasteiger partial charge is 0.206 e. The van der Waals surface area contributed by atoms with E-state index in [0.29, 0.717) is 11.5 Å². The number of benzene rings is 1. The third-order valence-corrected chi connectivity index (χ3v) is 9.39. The lowest BCUT2D eigenvalue weighted by atomic mass is 9.70. The first-order chi connectivity index (χ1) is 15.6. The summed E-state index contributed by atoms with van der Waals surface area (Å²) in [5.41, 5.74) is 1.66. The van der Waals surface area contributed by atoms with Crippen LogP contribution in [-0.4, -0.2) is 4.87 Å². The van der Waals surface area contributed by atoms with Gasteiger partial charge in [0.15, 0.2) is 0 Å². The molecule has 0 bridgehead atoms. The van der Waals surface area contributed by atoms with Crippen molar-refractivity contribution < 1.29 is 4.39 Å². The van der Waals surface area contributed by atoms with Crippen LogP contribution in [0.15, 0.2) is 42.5 Å². The van der Waals surface area contributed by atoms with Gasteiger partial charge in [0.1, 0.15) is 5.82 Å². The van der Waals surface area contributed by atoms with Gasteiger partial charge in [-0.15, -0.1) is 11.6 Å². The minimum Gasteiger partial charge on any atom is -0.206 e. The van der Waals surface area contributed by atoms with E-state index < -0.39 is 0 Å². The molecule has 0 saturated heterocycles. The van der Waals surface area contributed by atoms with Gasteiger partial charge in [0, 0.05) is 5.56 Å². The second kappa shape index (κ2) is 11.4. The highest BCUT2D eigenvalue weighted by Gasteiger charge is 2.37. The maximum atomic E-state index is 14.1. The summed E-state index contributed by atoms with van der Waals surface area (Å²) >= 11 is 7.12. The van der Waals surface area contributed by atoms with E-state index in [1.165, 1.54) is 89.5 Å². The van der Waals surface area contributed by atoms with Crippen molar-refractivity contribution in [3.63, 3.8) is 0 Å². The van der Waals surface area contributed by atoms with E-state index in [-0.39, 0.29) is 10.7 Å². The van der Waals surface area contributed by atoms with E-state index in [1.54, 1.807) is 6.07 Å². The van der Waals surface area contributed by atoms with Crippen LogP contribution in [0.1, 0.15) is 102 Å². The second-order valence-corrected chi connectivity index (χ2v) is 11.6. The average molecular weight is 457 g/mol. The maximum absolute atomic E-state index is 14.1. The Hall–Kier alpha value is -1.08. The number of halogens is 2. The van der Waals surface area contributed by atoms with Crippen LogP contribution in [0, 0.1) is 29.5 Å². The summed E-state index contributed by atoms with van der Waals surface area (Å²) in [6.07, 6.45) is 25.4. The fraction of sp³-hybridized carbons (Fsp3) is 0.667. The van der Waals surface area contributed by atoms with Crippen LogP contribution < -0.4 is 0 Å². The molecule has 32 heavy (non-hydrogen) atoms. The van der Waals surface area contributed by atoms with E-state index in [9.17, 15) is 4.39 Å². The van der Waals surface area contributed by atoms with Crippen molar-refractivity contribution in [3.8, 4) is 0 Å². The molecule has 3 aliphatic rings. The zero-order valence-corrected chi connectivity index (χ0v) is 20.8. The molecule has 0 aliphatic heterocycles. The monoisotopic (exact) mass is 456 g/mol. The van der Waals surface area contributed by atoms with Gasteiger partial charge in [0.25, 0.3) is 0 Å². The predicted octanol–water partition coefficient (Wildman–Crippen LogP) is 9.73. The van der Waals surface area contributed by atoms with Gasteiger partial charge < -0.3 is 0 Å². The lowest BCUT2D eigenvalue weighted by Gasteiger charge is -2.39. The number of alkyl halides is 1. The van der Waals surface area contributed by atoms with Crippen LogP contribution in [0.3, 0.4) is 0 Å². The normalized spacial score (nSPS) is 33.2. The molecule has 3 aliphatic carbocycles. The summed E-state index contributed by atoms with van der Waals surface area (Å²) in [5, 5.41) is 0. The summed E-state index contributed by atoms with van der Waals surface area (Å²) in [6.45, 7) is 2.32. The average Bonchev–Trinajstić information content (AvgIpc) is 2.83. The number of hydrogen-bond donors (Lipinski definition) is 0. The Balaban J connectivity index is 1.19. The highest BCUT2D eigenvalue weighted by Crippen LogP contribution is 2.46. The first-order valence-corrected chi connectivity index (χ1v) is 13.8. The SMILES string of the molecule is CCCCC1CCC(CCC2CCC(C3(Cl)C=CC(c4ccccc4F)=CC3)CC2)CC1. The van der Waals surface area contributed by atoms with Crippen molar-refractivity contribution in [3.05, 3.63) is 53.9 Å². The topological polar surface area (TPSA) is 0 Å². The molecule has 0 heterocycles. The molecule has 4 rings (SSSR count). The Kier molecular flexibility index (Phi) is 8.55. The first kappa shape index (κ1) is 24.1. The lowest BCUT2D eigenvalue weighted by molar-refractivity contribution is 0.201. The summed E-state index contributed by atoms with van der Waals surface area (Å²) in [6, 6.07) is 7.03. The molecule has 0 nitrogen and oxygen atoms in total. The smallest absolute Gasteiger partial charge is 0.131 e. The molecule has 1 atom stereocenters. The number of rotatable bonds is 8. The molecule has 0 amide bonds. The summed E-state index contributed by atoms with van der Waals surface area (Å²) < 4.78 is 14.1. The van der Waals surface area contributed by atoms with Crippen LogP contribution in [0.25, 0.3) is 5.57 Å². The molecule has 1 aromatic carbocycles. The molecule has 0 radical (unpaired) electrons. The molecule has 0 spiro atoms. The second-order valence-electron chi connectivity index (χ2n) is 10.9. The summed E-state index contributed by atoms with van der Waals surface area (Å²) in [5.74, 6) is 3.32. The third kappa shape index (κ3) is 6.07. The molecule has 2 fully saturated rings. The molecular weight excluding hydrogens is 415 g/mol. The van der Waals surface area contributed by atoms with Crippen molar-refractivity contribution in [2.75, 3.05) is 0 Å². The molecule has 1 unspecified atom stereocenters. The number of unbranched alkanes of at least 4 members (excludes halogenated alkanes) is 1. The van der Waals surface area contributed by atoms with Gasteiger partial charge in [-0.05, 0) is 54.6 Å². The molecule has 2 saturated carbocycles. The molecule has 176 valence electrons. The van der Waals surface area contributed by atoms with Crippen molar-refractivity contribution in [2.45, 2.75) is 102 Å². The Morgan fingerprint density at radius 2 is 1.47 bits per heavy atom. The summed E-state index contributed by atoms with van der Waals surface area (Å²) in [7, 11) is 0. The Labute approximate surface area is 200 Å². The van der Waals surface area contributed by atoms with Crippen LogP contribution in [-0.2, 0) is 0 Å². The van der Waals surface area contributed by atoms with Crippen LogP contribution in [0.5, 0.6) is 0 Å². The third-order valence-electron chi connectivity index (χ3n) is 8.80. The maximum Gasteiger partial charge on any atom is 0.131 e. The van der Waals surface area contributed by atoms with E-state index in [4.69, 9.17) is 11.6 Å². The van der Waals surface area contributed by atoms with E-state index >= 15 is 0 Å². The molecule has 0 aromatic heterocycles. The highest BCUT2D eigenvalue weighted by molar-refractivity contribution is 6.26. The van der Waals surface area contributed by atoms with Gasteiger partial charge >= 0.3 is 0 Å². The number of hydrogen-bond acceptors (Lipinski definition) is 0. The van der Waals surface area contributed by atoms with Gasteiger partial charge in [0.2, 0.25) is 0 Å². The Bertz CT molecular complexity index is 780. The van der Waals surface area contributed by atoms with E-state index in [1.807, 2.05) is 12.1 Å². The van der Waals surface area contributed by atoms with Crippen molar-refractivity contribution in [1.29, 1.82) is 0 Å². The minimum atomic E-state index is -0.281. The number of allylic oxidation sites excluding steroid dienone is 4. The van der Waals surface area contributed by atoms with E-state index in [2.05, 4.69) is 25.2 Å². The molecule has 1 aromatic rings. The first-order valence-electron chi connectivity index (χ1n) is 13.4. The fourth-order valence-electron chi connectivity index (χ4n) is 6.53. The van der Waals surface area contributed by atoms with Gasteiger partial charge in [0.05, 0.1) is 4.87 Å². The van der Waals surface area contributed by atoms with Gasteiger partial charge in [-0.3, -0.25) is 0 Å². The Morgan fingerprint density at radius 1 is 0.875 bits per heavy atom. The van der Waals surface area contributed by atoms with Crippen LogP contribution in [0.2, 0.25) is 0 Å². The van der Waals surface area contributed by atoms with Crippen LogP contribution in [0.4, 0.5) is 4.39 Å².